The van der Waals surface area contributed by atoms with Gasteiger partial charge in [0, 0.05) is 37.5 Å². The van der Waals surface area contributed by atoms with Gasteiger partial charge in [-0.25, -0.2) is 4.39 Å². The van der Waals surface area contributed by atoms with Crippen LogP contribution in [0.25, 0.3) is 0 Å². The summed E-state index contributed by atoms with van der Waals surface area (Å²) in [6.45, 7) is 10.1. The summed E-state index contributed by atoms with van der Waals surface area (Å²) in [5, 5.41) is 8.69. The molecule has 0 radical (unpaired) electrons. The highest BCUT2D eigenvalue weighted by Crippen LogP contribution is 2.37. The van der Waals surface area contributed by atoms with Crippen LogP contribution in [0.1, 0.15) is 58.1 Å². The lowest BCUT2D eigenvalue weighted by Crippen LogP contribution is -2.54. The van der Waals surface area contributed by atoms with Crippen LogP contribution in [0.3, 0.4) is 0 Å². The highest BCUT2D eigenvalue weighted by Gasteiger charge is 2.36. The fourth-order valence-corrected chi connectivity index (χ4v) is 6.56. The predicted molar refractivity (Wildman–Crippen MR) is 156 cm³/mol. The van der Waals surface area contributed by atoms with Gasteiger partial charge in [-0.05, 0) is 68.1 Å². The lowest BCUT2D eigenvalue weighted by Gasteiger charge is -2.38. The van der Waals surface area contributed by atoms with Crippen LogP contribution in [-0.2, 0) is 17.8 Å². The zero-order chi connectivity index (χ0) is 28.4. The summed E-state index contributed by atoms with van der Waals surface area (Å²) < 4.78 is 14.2. The Labute approximate surface area is 239 Å². The van der Waals surface area contributed by atoms with Crippen molar-refractivity contribution < 1.29 is 14.0 Å². The van der Waals surface area contributed by atoms with E-state index in [1.807, 2.05) is 43.9 Å². The molecule has 0 N–H and O–H groups in total. The number of halogens is 1. The van der Waals surface area contributed by atoms with Crippen molar-refractivity contribution in [2.45, 2.75) is 56.3 Å². The Kier molecular flexibility index (Phi) is 8.08. The maximum Gasteiger partial charge on any atom is 0.256 e. The molecule has 3 aromatic rings. The van der Waals surface area contributed by atoms with Gasteiger partial charge in [0.15, 0.2) is 0 Å². The van der Waals surface area contributed by atoms with Crippen LogP contribution in [0.4, 0.5) is 4.39 Å². The minimum absolute atomic E-state index is 0.0422. The molecule has 3 aromatic carbocycles. The molecule has 1 saturated heterocycles. The van der Waals surface area contributed by atoms with Crippen LogP contribution in [0.15, 0.2) is 75.8 Å². The lowest BCUT2D eigenvalue weighted by atomic mass is 9.93. The first-order chi connectivity index (χ1) is 19.1. The van der Waals surface area contributed by atoms with Gasteiger partial charge >= 0.3 is 0 Å². The number of carbonyl (C=O) groups is 2. The summed E-state index contributed by atoms with van der Waals surface area (Å²) in [6.07, 6.45) is 0.538. The molecule has 2 heterocycles. The quantitative estimate of drug-likeness (QED) is 0.323. The average Bonchev–Trinajstić information content (AvgIpc) is 2.95. The Morgan fingerprint density at radius 2 is 1.70 bits per heavy atom. The summed E-state index contributed by atoms with van der Waals surface area (Å²) >= 11 is 1.57. The van der Waals surface area contributed by atoms with Gasteiger partial charge in [0.25, 0.3) is 5.91 Å². The second kappa shape index (κ2) is 11.5. The standard InChI is InChI=1S/C32H35FN4O2S/c1-21-9-10-22(2)29(17-21)40-32(3,4)31(39)37-15-13-36(14-16-37)30(38)26-18-23(11-12-27(26)33)19-28-25-8-6-5-7-24(25)20-34-35-28/h5-12,17-18,28H,13-16,19-20H2,1-4H3. The third kappa shape index (κ3) is 5.97. The van der Waals surface area contributed by atoms with Crippen molar-refractivity contribution in [3.63, 3.8) is 0 Å². The van der Waals surface area contributed by atoms with Crippen molar-refractivity contribution in [1.82, 2.24) is 9.80 Å². The molecule has 2 aliphatic rings. The summed E-state index contributed by atoms with van der Waals surface area (Å²) in [5.41, 5.74) is 5.46. The summed E-state index contributed by atoms with van der Waals surface area (Å²) in [5.74, 6) is -0.842. The van der Waals surface area contributed by atoms with Gasteiger partial charge in [-0.15, -0.1) is 11.8 Å². The van der Waals surface area contributed by atoms with E-state index < -0.39 is 10.6 Å². The molecule has 0 aliphatic carbocycles. The highest BCUT2D eigenvalue weighted by molar-refractivity contribution is 8.01. The van der Waals surface area contributed by atoms with Crippen molar-refractivity contribution >= 4 is 23.6 Å². The van der Waals surface area contributed by atoms with Crippen LogP contribution in [-0.4, -0.2) is 52.5 Å². The van der Waals surface area contributed by atoms with E-state index in [0.29, 0.717) is 39.1 Å². The number of thioether (sulfide) groups is 1. The zero-order valence-corrected chi connectivity index (χ0v) is 24.3. The maximum atomic E-state index is 14.9. The fourth-order valence-electron chi connectivity index (χ4n) is 5.32. The van der Waals surface area contributed by atoms with Crippen LogP contribution in [0, 0.1) is 19.7 Å². The Balaban J connectivity index is 1.23. The molecule has 40 heavy (non-hydrogen) atoms. The van der Waals surface area contributed by atoms with Crippen molar-refractivity contribution in [2.24, 2.45) is 10.2 Å². The number of carbonyl (C=O) groups excluding carboxylic acids is 2. The van der Waals surface area contributed by atoms with E-state index in [1.54, 1.807) is 28.8 Å². The molecule has 6 nitrogen and oxygen atoms in total. The molecule has 1 atom stereocenters. The third-order valence-corrected chi connectivity index (χ3v) is 8.99. The molecule has 0 bridgehead atoms. The normalized spacial score (nSPS) is 17.1. The number of piperazine rings is 1. The first kappa shape index (κ1) is 28.0. The van der Waals surface area contributed by atoms with Gasteiger partial charge in [-0.1, -0.05) is 48.0 Å². The van der Waals surface area contributed by atoms with Crippen LogP contribution < -0.4 is 0 Å². The fraction of sp³-hybridized carbons (Fsp3) is 0.375. The molecule has 5 rings (SSSR count). The monoisotopic (exact) mass is 558 g/mol. The number of fused-ring (bicyclic) bond motifs is 1. The first-order valence-corrected chi connectivity index (χ1v) is 14.5. The molecule has 0 aromatic heterocycles. The maximum absolute atomic E-state index is 14.9. The number of azo groups is 1. The molecule has 1 fully saturated rings. The first-order valence-electron chi connectivity index (χ1n) is 13.7. The molecular formula is C32H35FN4O2S. The predicted octanol–water partition coefficient (Wildman–Crippen LogP) is 6.55. The van der Waals surface area contributed by atoms with Gasteiger partial charge in [0.05, 0.1) is 16.9 Å². The average molecular weight is 559 g/mol. The number of amides is 2. The number of rotatable bonds is 6. The smallest absolute Gasteiger partial charge is 0.256 e. The number of hydrogen-bond acceptors (Lipinski definition) is 5. The summed E-state index contributed by atoms with van der Waals surface area (Å²) in [6, 6.07) is 18.9. The van der Waals surface area contributed by atoms with Gasteiger partial charge in [0.2, 0.25) is 5.91 Å². The van der Waals surface area contributed by atoms with Gasteiger partial charge in [-0.3, -0.25) is 9.59 Å². The Morgan fingerprint density at radius 1 is 0.975 bits per heavy atom. The Morgan fingerprint density at radius 3 is 2.48 bits per heavy atom. The highest BCUT2D eigenvalue weighted by atomic mass is 32.2. The molecular weight excluding hydrogens is 523 g/mol. The van der Waals surface area contributed by atoms with E-state index in [2.05, 4.69) is 41.4 Å². The van der Waals surface area contributed by atoms with Crippen molar-refractivity contribution in [3.05, 3.63) is 99.9 Å². The SMILES string of the molecule is Cc1ccc(C)c(SC(C)(C)C(=O)N2CCN(C(=O)c3cc(CC4N=NCc5ccccc54)ccc3F)CC2)c1. The Bertz CT molecular complexity index is 1460. The number of hydrogen-bond donors (Lipinski definition) is 0. The largest absolute Gasteiger partial charge is 0.338 e. The van der Waals surface area contributed by atoms with Gasteiger partial charge < -0.3 is 9.80 Å². The lowest BCUT2D eigenvalue weighted by molar-refractivity contribution is -0.134. The summed E-state index contributed by atoms with van der Waals surface area (Å²) in [4.78, 5) is 31.4. The number of aryl methyl sites for hydroxylation is 2. The van der Waals surface area contributed by atoms with E-state index in [4.69, 9.17) is 0 Å². The van der Waals surface area contributed by atoms with E-state index >= 15 is 0 Å². The van der Waals surface area contributed by atoms with Crippen LogP contribution in [0.2, 0.25) is 0 Å². The third-order valence-electron chi connectivity index (χ3n) is 7.64. The molecule has 0 saturated carbocycles. The number of benzene rings is 3. The summed E-state index contributed by atoms with van der Waals surface area (Å²) in [7, 11) is 0. The second-order valence-corrected chi connectivity index (χ2v) is 12.8. The van der Waals surface area contributed by atoms with Crippen LogP contribution >= 0.6 is 11.8 Å². The molecule has 2 aliphatic heterocycles. The van der Waals surface area contributed by atoms with Crippen LogP contribution in [0.5, 0.6) is 0 Å². The van der Waals surface area contributed by atoms with E-state index in [-0.39, 0.29) is 23.4 Å². The van der Waals surface area contributed by atoms with E-state index in [0.717, 1.165) is 32.7 Å². The second-order valence-electron chi connectivity index (χ2n) is 11.1. The van der Waals surface area contributed by atoms with Crippen molar-refractivity contribution in [1.29, 1.82) is 0 Å². The van der Waals surface area contributed by atoms with E-state index in [9.17, 15) is 14.0 Å². The minimum atomic E-state index is -0.653. The molecule has 8 heteroatoms. The topological polar surface area (TPSA) is 65.3 Å². The molecule has 2 amide bonds. The van der Waals surface area contributed by atoms with E-state index in [1.165, 1.54) is 6.07 Å². The molecule has 1 unspecified atom stereocenters. The van der Waals surface area contributed by atoms with Gasteiger partial charge in [-0.2, -0.15) is 10.2 Å². The van der Waals surface area contributed by atoms with Crippen molar-refractivity contribution in [2.75, 3.05) is 26.2 Å². The molecule has 208 valence electrons. The number of nitrogens with zero attached hydrogens (tertiary/aromatic N) is 4. The minimum Gasteiger partial charge on any atom is -0.338 e. The Hall–Kier alpha value is -3.52. The molecule has 0 spiro atoms. The zero-order valence-electron chi connectivity index (χ0n) is 23.5. The van der Waals surface area contributed by atoms with Gasteiger partial charge in [0.1, 0.15) is 11.9 Å². The van der Waals surface area contributed by atoms with Crippen molar-refractivity contribution in [3.8, 4) is 0 Å².